The molecule has 0 saturated heterocycles. The van der Waals surface area contributed by atoms with Gasteiger partial charge in [0.1, 0.15) is 4.34 Å². The number of thioether (sulfide) groups is 1. The average Bonchev–Trinajstić information content (AvgIpc) is 3.41. The van der Waals surface area contributed by atoms with Crippen LogP contribution >= 0.6 is 23.1 Å². The van der Waals surface area contributed by atoms with E-state index in [1.165, 1.54) is 5.56 Å². The Morgan fingerprint density at radius 1 is 1.10 bits per heavy atom. The van der Waals surface area contributed by atoms with Crippen LogP contribution in [0.25, 0.3) is 5.69 Å². The van der Waals surface area contributed by atoms with Crippen molar-refractivity contribution in [3.8, 4) is 5.69 Å². The SMILES string of the molecule is Cc1csc(SCc2ccc(C(=O)N(C)Cc3cnn(-c4ccccc4)c3)cc2)n1. The van der Waals surface area contributed by atoms with Gasteiger partial charge in [-0.1, -0.05) is 42.1 Å². The lowest BCUT2D eigenvalue weighted by molar-refractivity contribution is 0.0785. The molecule has 0 atom stereocenters. The first-order valence-corrected chi connectivity index (χ1v) is 11.4. The maximum absolute atomic E-state index is 12.8. The highest BCUT2D eigenvalue weighted by molar-refractivity contribution is 8.00. The Balaban J connectivity index is 1.35. The minimum atomic E-state index is -0.00258. The topological polar surface area (TPSA) is 51.0 Å². The minimum absolute atomic E-state index is 0.00258. The van der Waals surface area contributed by atoms with E-state index in [0.29, 0.717) is 12.1 Å². The van der Waals surface area contributed by atoms with E-state index in [1.54, 1.807) is 34.2 Å². The molecule has 1 amide bonds. The molecule has 2 aromatic heterocycles. The molecule has 4 aromatic rings. The van der Waals surface area contributed by atoms with Crippen LogP contribution in [0.5, 0.6) is 0 Å². The summed E-state index contributed by atoms with van der Waals surface area (Å²) >= 11 is 3.39. The molecule has 0 radical (unpaired) electrons. The quantitative estimate of drug-likeness (QED) is 0.375. The Morgan fingerprint density at radius 2 is 1.87 bits per heavy atom. The zero-order valence-electron chi connectivity index (χ0n) is 16.9. The van der Waals surface area contributed by atoms with Crippen molar-refractivity contribution in [2.75, 3.05) is 7.05 Å². The van der Waals surface area contributed by atoms with E-state index in [4.69, 9.17) is 0 Å². The first kappa shape index (κ1) is 20.4. The summed E-state index contributed by atoms with van der Waals surface area (Å²) in [5.74, 6) is 0.841. The summed E-state index contributed by atoms with van der Waals surface area (Å²) in [6.45, 7) is 2.51. The summed E-state index contributed by atoms with van der Waals surface area (Å²) in [5, 5.41) is 6.46. The maximum atomic E-state index is 12.8. The van der Waals surface area contributed by atoms with Crippen molar-refractivity contribution in [3.63, 3.8) is 0 Å². The zero-order chi connectivity index (χ0) is 20.9. The Morgan fingerprint density at radius 3 is 2.57 bits per heavy atom. The monoisotopic (exact) mass is 434 g/mol. The number of nitrogens with zero attached hydrogens (tertiary/aromatic N) is 4. The lowest BCUT2D eigenvalue weighted by Crippen LogP contribution is -2.26. The Bertz CT molecular complexity index is 1120. The van der Waals surface area contributed by atoms with Gasteiger partial charge in [-0.25, -0.2) is 9.67 Å². The molecule has 152 valence electrons. The highest BCUT2D eigenvalue weighted by atomic mass is 32.2. The second kappa shape index (κ2) is 9.28. The number of thiazole rings is 1. The van der Waals surface area contributed by atoms with Crippen LogP contribution in [0.1, 0.15) is 27.2 Å². The third-order valence-corrected chi connectivity index (χ3v) is 6.79. The van der Waals surface area contributed by atoms with Crippen molar-refractivity contribution in [2.24, 2.45) is 0 Å². The molecule has 7 heteroatoms. The van der Waals surface area contributed by atoms with Crippen LogP contribution < -0.4 is 0 Å². The van der Waals surface area contributed by atoms with Gasteiger partial charge in [-0.2, -0.15) is 5.10 Å². The molecule has 0 aliphatic carbocycles. The van der Waals surface area contributed by atoms with Crippen molar-refractivity contribution in [3.05, 3.63) is 94.8 Å². The van der Waals surface area contributed by atoms with E-state index in [0.717, 1.165) is 27.0 Å². The van der Waals surface area contributed by atoms with Crippen molar-refractivity contribution in [1.82, 2.24) is 19.7 Å². The smallest absolute Gasteiger partial charge is 0.253 e. The Hall–Kier alpha value is -2.90. The molecule has 30 heavy (non-hydrogen) atoms. The van der Waals surface area contributed by atoms with Gasteiger partial charge in [0.05, 0.1) is 11.9 Å². The van der Waals surface area contributed by atoms with Crippen LogP contribution in [0.3, 0.4) is 0 Å². The van der Waals surface area contributed by atoms with Crippen LogP contribution in [0, 0.1) is 6.92 Å². The fourth-order valence-corrected chi connectivity index (χ4v) is 4.82. The van der Waals surface area contributed by atoms with Gasteiger partial charge in [0, 0.05) is 47.7 Å². The zero-order valence-corrected chi connectivity index (χ0v) is 18.5. The molecular formula is C23H22N4OS2. The van der Waals surface area contributed by atoms with E-state index in [2.05, 4.69) is 15.5 Å². The number of para-hydroxylation sites is 1. The van der Waals surface area contributed by atoms with Gasteiger partial charge >= 0.3 is 0 Å². The summed E-state index contributed by atoms with van der Waals surface area (Å²) < 4.78 is 2.90. The molecule has 5 nitrogen and oxygen atoms in total. The standard InChI is InChI=1S/C23H22N4OS2/c1-17-15-29-23(25-17)30-16-18-8-10-20(11-9-18)22(28)26(2)13-19-12-24-27(14-19)21-6-4-3-5-7-21/h3-12,14-15H,13,16H2,1-2H3. The molecule has 0 bridgehead atoms. The van der Waals surface area contributed by atoms with Crippen LogP contribution in [0.15, 0.2) is 76.7 Å². The van der Waals surface area contributed by atoms with E-state index in [9.17, 15) is 4.79 Å². The van der Waals surface area contributed by atoms with Crippen LogP contribution in [-0.2, 0) is 12.3 Å². The van der Waals surface area contributed by atoms with Crippen molar-refractivity contribution >= 4 is 29.0 Å². The first-order valence-electron chi connectivity index (χ1n) is 9.57. The second-order valence-corrected chi connectivity index (χ2v) is 9.11. The number of amides is 1. The number of hydrogen-bond donors (Lipinski definition) is 0. The first-order chi connectivity index (χ1) is 14.6. The van der Waals surface area contributed by atoms with Crippen molar-refractivity contribution in [1.29, 1.82) is 0 Å². The number of aromatic nitrogens is 3. The maximum Gasteiger partial charge on any atom is 0.253 e. The summed E-state index contributed by atoms with van der Waals surface area (Å²) in [7, 11) is 1.82. The third kappa shape index (κ3) is 4.98. The van der Waals surface area contributed by atoms with Crippen molar-refractivity contribution < 1.29 is 4.79 Å². The average molecular weight is 435 g/mol. The minimum Gasteiger partial charge on any atom is -0.337 e. The summed E-state index contributed by atoms with van der Waals surface area (Å²) in [4.78, 5) is 19.0. The summed E-state index contributed by atoms with van der Waals surface area (Å²) in [5.41, 5.74) is 4.91. The number of rotatable bonds is 7. The second-order valence-electron chi connectivity index (χ2n) is 7.03. The number of carbonyl (C=O) groups is 1. The summed E-state index contributed by atoms with van der Waals surface area (Å²) in [6.07, 6.45) is 3.76. The van der Waals surface area contributed by atoms with Gasteiger partial charge in [0.15, 0.2) is 0 Å². The van der Waals surface area contributed by atoms with Gasteiger partial charge in [0.2, 0.25) is 0 Å². The molecular weight excluding hydrogens is 412 g/mol. The highest BCUT2D eigenvalue weighted by Gasteiger charge is 2.13. The lowest BCUT2D eigenvalue weighted by atomic mass is 10.1. The molecule has 2 aromatic carbocycles. The predicted octanol–water partition coefficient (Wildman–Crippen LogP) is 5.20. The number of carbonyl (C=O) groups excluding carboxylic acids is 1. The number of benzene rings is 2. The Kier molecular flexibility index (Phi) is 6.30. The molecule has 0 spiro atoms. The molecule has 4 rings (SSSR count). The fraction of sp³-hybridized carbons (Fsp3) is 0.174. The molecule has 0 unspecified atom stereocenters. The molecule has 0 aliphatic rings. The lowest BCUT2D eigenvalue weighted by Gasteiger charge is -2.16. The number of hydrogen-bond acceptors (Lipinski definition) is 5. The highest BCUT2D eigenvalue weighted by Crippen LogP contribution is 2.26. The van der Waals surface area contributed by atoms with Gasteiger partial charge in [0.25, 0.3) is 5.91 Å². The van der Waals surface area contributed by atoms with Gasteiger partial charge < -0.3 is 4.90 Å². The Labute approximate surface area is 184 Å². The van der Waals surface area contributed by atoms with E-state index in [-0.39, 0.29) is 5.91 Å². The largest absolute Gasteiger partial charge is 0.337 e. The fourth-order valence-electron chi connectivity index (χ4n) is 3.02. The molecule has 0 fully saturated rings. The van der Waals surface area contributed by atoms with Gasteiger partial charge in [-0.15, -0.1) is 11.3 Å². The molecule has 2 heterocycles. The van der Waals surface area contributed by atoms with Gasteiger partial charge in [-0.3, -0.25) is 4.79 Å². The van der Waals surface area contributed by atoms with Crippen LogP contribution in [-0.4, -0.2) is 32.6 Å². The molecule has 0 N–H and O–H groups in total. The van der Waals surface area contributed by atoms with E-state index in [1.807, 2.05) is 79.4 Å². The van der Waals surface area contributed by atoms with E-state index < -0.39 is 0 Å². The van der Waals surface area contributed by atoms with Crippen molar-refractivity contribution in [2.45, 2.75) is 23.6 Å². The normalized spacial score (nSPS) is 10.9. The summed E-state index contributed by atoms with van der Waals surface area (Å²) in [6, 6.07) is 17.8. The predicted molar refractivity (Wildman–Crippen MR) is 122 cm³/mol. The molecule has 0 aliphatic heterocycles. The van der Waals surface area contributed by atoms with Gasteiger partial charge in [-0.05, 0) is 36.8 Å². The number of aryl methyl sites for hydroxylation is 1. The van der Waals surface area contributed by atoms with Crippen LogP contribution in [0.2, 0.25) is 0 Å². The molecule has 0 saturated carbocycles. The third-order valence-electron chi connectivity index (χ3n) is 4.58. The van der Waals surface area contributed by atoms with Crippen LogP contribution in [0.4, 0.5) is 0 Å². The van der Waals surface area contributed by atoms with E-state index >= 15 is 0 Å².